The summed E-state index contributed by atoms with van der Waals surface area (Å²) in [4.78, 5) is 12.4. The molecule has 0 radical (unpaired) electrons. The molecule has 0 aliphatic rings. The van der Waals surface area contributed by atoms with Gasteiger partial charge in [0.2, 0.25) is 0 Å². The number of halogens is 2. The van der Waals surface area contributed by atoms with Crippen molar-refractivity contribution in [2.75, 3.05) is 31.7 Å². The van der Waals surface area contributed by atoms with Gasteiger partial charge in [0.05, 0.1) is 36.6 Å². The van der Waals surface area contributed by atoms with Crippen LogP contribution in [0.4, 0.5) is 22.7 Å². The Morgan fingerprint density at radius 1 is 0.838 bits per heavy atom. The van der Waals surface area contributed by atoms with Crippen molar-refractivity contribution >= 4 is 67.9 Å². The van der Waals surface area contributed by atoms with E-state index in [1.807, 2.05) is 43.4 Å². The van der Waals surface area contributed by atoms with E-state index in [0.29, 0.717) is 24.5 Å². The first-order valence-electron chi connectivity index (χ1n) is 12.1. The zero-order valence-corrected chi connectivity index (χ0v) is 25.2. The van der Waals surface area contributed by atoms with Gasteiger partial charge in [0, 0.05) is 24.9 Å². The molecule has 196 valence electrons. The van der Waals surface area contributed by atoms with Crippen LogP contribution in [-0.4, -0.2) is 31.7 Å². The van der Waals surface area contributed by atoms with Gasteiger partial charge in [-0.25, -0.2) is 0 Å². The SMILES string of the molecule is CCCCCCOc1cc(I)c(OCCN(C)c2ccc(N=Nc3ccc([N+](=O)[O-])cc3)cc2)cc1I. The van der Waals surface area contributed by atoms with Crippen LogP contribution in [0.1, 0.15) is 32.6 Å². The number of nitrogens with zero attached hydrogens (tertiary/aromatic N) is 4. The molecule has 3 rings (SSSR count). The van der Waals surface area contributed by atoms with Gasteiger partial charge in [0.25, 0.3) is 5.69 Å². The van der Waals surface area contributed by atoms with E-state index in [2.05, 4.69) is 67.2 Å². The van der Waals surface area contributed by atoms with E-state index in [4.69, 9.17) is 9.47 Å². The summed E-state index contributed by atoms with van der Waals surface area (Å²) in [7, 11) is 2.01. The molecule has 0 saturated heterocycles. The van der Waals surface area contributed by atoms with Crippen LogP contribution in [0.5, 0.6) is 11.5 Å². The third-order valence-electron chi connectivity index (χ3n) is 5.56. The number of non-ortho nitro benzene ring substituents is 1. The van der Waals surface area contributed by atoms with Gasteiger partial charge in [0.1, 0.15) is 18.1 Å². The minimum absolute atomic E-state index is 0.0268. The largest absolute Gasteiger partial charge is 0.492 e. The second kappa shape index (κ2) is 15.1. The number of unbranched alkanes of at least 4 members (excludes halogenated alkanes) is 3. The predicted octanol–water partition coefficient (Wildman–Crippen LogP) is 8.69. The van der Waals surface area contributed by atoms with Crippen LogP contribution in [-0.2, 0) is 0 Å². The second-order valence-electron chi connectivity index (χ2n) is 8.38. The van der Waals surface area contributed by atoms with Crippen LogP contribution in [0, 0.1) is 17.3 Å². The minimum Gasteiger partial charge on any atom is -0.492 e. The van der Waals surface area contributed by atoms with Gasteiger partial charge in [-0.2, -0.15) is 10.2 Å². The molecule has 3 aromatic rings. The molecule has 10 heteroatoms. The van der Waals surface area contributed by atoms with Crippen molar-refractivity contribution in [3.8, 4) is 11.5 Å². The van der Waals surface area contributed by atoms with E-state index in [1.165, 1.54) is 31.4 Å². The maximum absolute atomic E-state index is 10.7. The fourth-order valence-electron chi connectivity index (χ4n) is 3.39. The highest BCUT2D eigenvalue weighted by atomic mass is 127. The summed E-state index contributed by atoms with van der Waals surface area (Å²) in [6.45, 7) is 4.21. The Hall–Kier alpha value is -2.48. The van der Waals surface area contributed by atoms with Crippen molar-refractivity contribution in [3.05, 3.63) is 77.9 Å². The molecular formula is C27H30I2N4O4. The highest BCUT2D eigenvalue weighted by Crippen LogP contribution is 2.31. The Kier molecular flexibility index (Phi) is 11.8. The molecule has 0 amide bonds. The first kappa shape index (κ1) is 29.1. The van der Waals surface area contributed by atoms with Gasteiger partial charge in [-0.15, -0.1) is 0 Å². The number of ether oxygens (including phenoxy) is 2. The van der Waals surface area contributed by atoms with Crippen molar-refractivity contribution in [2.45, 2.75) is 32.6 Å². The standard InChI is InChI=1S/C27H30I2N4O4/c1-3-4-5-6-16-36-26-18-25(29)27(19-24(26)28)37-17-15-32(2)22-11-7-20(8-12-22)30-31-21-9-13-23(14-10-21)33(34)35/h7-14,18-19H,3-6,15-17H2,1-2H3. The first-order valence-corrected chi connectivity index (χ1v) is 14.2. The maximum Gasteiger partial charge on any atom is 0.269 e. The van der Waals surface area contributed by atoms with Crippen LogP contribution in [0.15, 0.2) is 70.9 Å². The Morgan fingerprint density at radius 3 is 1.92 bits per heavy atom. The molecule has 0 bridgehead atoms. The minimum atomic E-state index is -0.440. The smallest absolute Gasteiger partial charge is 0.269 e. The third kappa shape index (κ3) is 9.40. The zero-order chi connectivity index (χ0) is 26.6. The van der Waals surface area contributed by atoms with E-state index >= 15 is 0 Å². The van der Waals surface area contributed by atoms with Crippen molar-refractivity contribution in [1.82, 2.24) is 0 Å². The van der Waals surface area contributed by atoms with Gasteiger partial charge in [-0.1, -0.05) is 26.2 Å². The highest BCUT2D eigenvalue weighted by molar-refractivity contribution is 14.1. The summed E-state index contributed by atoms with van der Waals surface area (Å²) in [6, 6.07) is 17.8. The molecule has 37 heavy (non-hydrogen) atoms. The lowest BCUT2D eigenvalue weighted by Crippen LogP contribution is -2.23. The summed E-state index contributed by atoms with van der Waals surface area (Å²) in [5.74, 6) is 1.77. The number of hydrogen-bond donors (Lipinski definition) is 0. The molecule has 0 saturated carbocycles. The number of anilines is 1. The lowest BCUT2D eigenvalue weighted by atomic mass is 10.2. The topological polar surface area (TPSA) is 89.6 Å². The van der Waals surface area contributed by atoms with Crippen LogP contribution < -0.4 is 14.4 Å². The molecule has 0 aliphatic carbocycles. The molecular weight excluding hydrogens is 698 g/mol. The summed E-state index contributed by atoms with van der Waals surface area (Å²) >= 11 is 4.59. The number of nitro groups is 1. The fourth-order valence-corrected chi connectivity index (χ4v) is 4.58. The summed E-state index contributed by atoms with van der Waals surface area (Å²) in [5, 5.41) is 19.1. The van der Waals surface area contributed by atoms with Gasteiger partial charge in [0.15, 0.2) is 0 Å². The van der Waals surface area contributed by atoms with Gasteiger partial charge in [-0.05, 0) is 100 Å². The molecule has 3 aromatic carbocycles. The van der Waals surface area contributed by atoms with Crippen molar-refractivity contribution in [3.63, 3.8) is 0 Å². The van der Waals surface area contributed by atoms with Gasteiger partial charge < -0.3 is 14.4 Å². The molecule has 0 spiro atoms. The van der Waals surface area contributed by atoms with Crippen LogP contribution in [0.3, 0.4) is 0 Å². The number of benzene rings is 3. The summed E-state index contributed by atoms with van der Waals surface area (Å²) < 4.78 is 14.1. The van der Waals surface area contributed by atoms with E-state index in [0.717, 1.165) is 37.4 Å². The Labute approximate surface area is 244 Å². The fraction of sp³-hybridized carbons (Fsp3) is 0.333. The first-order chi connectivity index (χ1) is 17.9. The third-order valence-corrected chi connectivity index (χ3v) is 7.24. The summed E-state index contributed by atoms with van der Waals surface area (Å²) in [6.07, 6.45) is 4.75. The van der Waals surface area contributed by atoms with Crippen molar-refractivity contribution in [1.29, 1.82) is 0 Å². The van der Waals surface area contributed by atoms with E-state index in [9.17, 15) is 10.1 Å². The molecule has 0 unspecified atom stereocenters. The zero-order valence-electron chi connectivity index (χ0n) is 20.9. The Morgan fingerprint density at radius 2 is 1.38 bits per heavy atom. The van der Waals surface area contributed by atoms with E-state index < -0.39 is 4.92 Å². The molecule has 0 N–H and O–H groups in total. The predicted molar refractivity (Wildman–Crippen MR) is 164 cm³/mol. The van der Waals surface area contributed by atoms with Crippen molar-refractivity contribution < 1.29 is 14.4 Å². The average molecular weight is 728 g/mol. The van der Waals surface area contributed by atoms with Crippen LogP contribution >= 0.6 is 45.2 Å². The Bertz CT molecular complexity index is 1190. The normalized spacial score (nSPS) is 11.0. The Balaban J connectivity index is 1.47. The molecule has 0 heterocycles. The van der Waals surface area contributed by atoms with E-state index in [1.54, 1.807) is 12.1 Å². The number of nitro benzene ring substituents is 1. The summed E-state index contributed by atoms with van der Waals surface area (Å²) in [5.41, 5.74) is 2.32. The molecule has 0 fully saturated rings. The highest BCUT2D eigenvalue weighted by Gasteiger charge is 2.10. The average Bonchev–Trinajstić information content (AvgIpc) is 2.90. The number of azo groups is 1. The maximum atomic E-state index is 10.7. The number of likely N-dealkylation sites (N-methyl/N-ethyl adjacent to an activating group) is 1. The molecule has 0 aromatic heterocycles. The van der Waals surface area contributed by atoms with E-state index in [-0.39, 0.29) is 5.69 Å². The number of rotatable bonds is 14. The van der Waals surface area contributed by atoms with Gasteiger partial charge in [-0.3, -0.25) is 10.1 Å². The molecule has 0 atom stereocenters. The number of hydrogen-bond acceptors (Lipinski definition) is 7. The monoisotopic (exact) mass is 728 g/mol. The van der Waals surface area contributed by atoms with Gasteiger partial charge >= 0.3 is 0 Å². The quantitative estimate of drug-likeness (QED) is 0.0545. The lowest BCUT2D eigenvalue weighted by molar-refractivity contribution is -0.384. The lowest BCUT2D eigenvalue weighted by Gasteiger charge is -2.20. The molecule has 8 nitrogen and oxygen atoms in total. The van der Waals surface area contributed by atoms with Crippen LogP contribution in [0.2, 0.25) is 0 Å². The van der Waals surface area contributed by atoms with Crippen LogP contribution in [0.25, 0.3) is 0 Å². The molecule has 0 aliphatic heterocycles. The van der Waals surface area contributed by atoms with Crippen molar-refractivity contribution in [2.24, 2.45) is 10.2 Å². The second-order valence-corrected chi connectivity index (χ2v) is 10.7.